The number of pyridine rings is 2. The summed E-state index contributed by atoms with van der Waals surface area (Å²) in [6.45, 7) is 5.32. The molecule has 0 aliphatic rings. The maximum atomic E-state index is 12.2. The third-order valence-corrected chi connectivity index (χ3v) is 3.90. The predicted molar refractivity (Wildman–Crippen MR) is 104 cm³/mol. The van der Waals surface area contributed by atoms with Crippen molar-refractivity contribution in [1.29, 1.82) is 0 Å². The number of amides is 1. The summed E-state index contributed by atoms with van der Waals surface area (Å²) in [5, 5.41) is 13.6. The minimum atomic E-state index is -1.14. The van der Waals surface area contributed by atoms with E-state index in [2.05, 4.69) is 15.1 Å². The first-order valence-electron chi connectivity index (χ1n) is 8.70. The predicted octanol–water partition coefficient (Wildman–Crippen LogP) is 2.87. The topological polar surface area (TPSA) is 119 Å². The normalized spacial score (nSPS) is 11.3. The summed E-state index contributed by atoms with van der Waals surface area (Å²) < 4.78 is 11.8. The summed E-state index contributed by atoms with van der Waals surface area (Å²) >= 11 is 0. The zero-order valence-electron chi connectivity index (χ0n) is 16.7. The lowest BCUT2D eigenvalue weighted by molar-refractivity contribution is 0.0586. The molecule has 0 radical (unpaired) electrons. The highest BCUT2D eigenvalue weighted by Gasteiger charge is 2.23. The molecule has 0 saturated carbocycles. The molecule has 3 rings (SSSR count). The SMILES string of the molecule is COc1ncc(-c2ccn3nc(N(C)C(=O)OC(C)(C)C)nc3c2)cc1C(=O)O. The van der Waals surface area contributed by atoms with Crippen LogP contribution >= 0.6 is 0 Å². The molecule has 0 atom stereocenters. The standard InChI is InChI=1S/C19H21N5O5/c1-19(2,3)29-18(27)23(4)17-21-14-9-11(6-7-24(14)22-17)12-8-13(16(25)26)15(28-5)20-10-12/h6-10H,1-5H3,(H,25,26). The monoisotopic (exact) mass is 399 g/mol. The number of aromatic nitrogens is 4. The molecule has 152 valence electrons. The van der Waals surface area contributed by atoms with Crippen molar-refractivity contribution in [3.05, 3.63) is 36.2 Å². The number of anilines is 1. The molecule has 0 spiro atoms. The first-order chi connectivity index (χ1) is 13.6. The maximum absolute atomic E-state index is 12.2. The van der Waals surface area contributed by atoms with Gasteiger partial charge in [-0.05, 0) is 44.5 Å². The summed E-state index contributed by atoms with van der Waals surface area (Å²) in [4.78, 5) is 33.3. The Bertz CT molecular complexity index is 1090. The van der Waals surface area contributed by atoms with Crippen molar-refractivity contribution >= 4 is 23.7 Å². The van der Waals surface area contributed by atoms with Crippen molar-refractivity contribution in [3.63, 3.8) is 0 Å². The molecule has 0 aliphatic heterocycles. The van der Waals surface area contributed by atoms with E-state index in [1.54, 1.807) is 39.1 Å². The van der Waals surface area contributed by atoms with Gasteiger partial charge in [0.15, 0.2) is 5.65 Å². The van der Waals surface area contributed by atoms with Crippen molar-refractivity contribution in [1.82, 2.24) is 19.6 Å². The van der Waals surface area contributed by atoms with E-state index in [9.17, 15) is 14.7 Å². The van der Waals surface area contributed by atoms with Crippen LogP contribution in [0.1, 0.15) is 31.1 Å². The number of carbonyl (C=O) groups excluding carboxylic acids is 1. The molecule has 10 nitrogen and oxygen atoms in total. The number of hydrogen-bond donors (Lipinski definition) is 1. The molecule has 3 aromatic heterocycles. The number of hydrogen-bond acceptors (Lipinski definition) is 7. The van der Waals surface area contributed by atoms with Crippen molar-refractivity contribution < 1.29 is 24.2 Å². The van der Waals surface area contributed by atoms with Crippen LogP contribution in [0.15, 0.2) is 30.6 Å². The molecule has 0 aliphatic carbocycles. The van der Waals surface area contributed by atoms with E-state index < -0.39 is 17.7 Å². The first-order valence-corrected chi connectivity index (χ1v) is 8.70. The highest BCUT2D eigenvalue weighted by molar-refractivity contribution is 5.92. The number of ether oxygens (including phenoxy) is 2. The number of nitrogens with zero attached hydrogens (tertiary/aromatic N) is 5. The van der Waals surface area contributed by atoms with Crippen LogP contribution in [0.2, 0.25) is 0 Å². The van der Waals surface area contributed by atoms with Crippen LogP contribution in [0.3, 0.4) is 0 Å². The zero-order valence-corrected chi connectivity index (χ0v) is 16.7. The van der Waals surface area contributed by atoms with Gasteiger partial charge in [-0.3, -0.25) is 0 Å². The van der Waals surface area contributed by atoms with Crippen LogP contribution in [-0.2, 0) is 4.74 Å². The molecule has 1 N–H and O–H groups in total. The molecule has 3 heterocycles. The Hall–Kier alpha value is -3.69. The van der Waals surface area contributed by atoms with Gasteiger partial charge in [-0.15, -0.1) is 5.10 Å². The Kier molecular flexibility index (Phi) is 5.10. The second-order valence-electron chi connectivity index (χ2n) is 7.26. The lowest BCUT2D eigenvalue weighted by Gasteiger charge is -2.22. The maximum Gasteiger partial charge on any atom is 0.416 e. The minimum absolute atomic E-state index is 0.0334. The van der Waals surface area contributed by atoms with Crippen molar-refractivity contribution in [3.8, 4) is 17.0 Å². The third-order valence-electron chi connectivity index (χ3n) is 3.90. The second-order valence-corrected chi connectivity index (χ2v) is 7.26. The molecule has 1 amide bonds. The number of carbonyl (C=O) groups is 2. The molecule has 0 bridgehead atoms. The molecule has 29 heavy (non-hydrogen) atoms. The summed E-state index contributed by atoms with van der Waals surface area (Å²) in [6.07, 6.45) is 2.61. The van der Waals surface area contributed by atoms with Gasteiger partial charge in [0, 0.05) is 25.0 Å². The smallest absolute Gasteiger partial charge is 0.416 e. The Morgan fingerprint density at radius 1 is 1.21 bits per heavy atom. The number of rotatable bonds is 4. The molecule has 0 unspecified atom stereocenters. The van der Waals surface area contributed by atoms with E-state index in [0.29, 0.717) is 16.8 Å². The van der Waals surface area contributed by atoms with Gasteiger partial charge in [-0.1, -0.05) is 0 Å². The van der Waals surface area contributed by atoms with Crippen molar-refractivity contribution in [2.75, 3.05) is 19.1 Å². The van der Waals surface area contributed by atoms with E-state index in [0.717, 1.165) is 0 Å². The van der Waals surface area contributed by atoms with Crippen LogP contribution < -0.4 is 9.64 Å². The average Bonchev–Trinajstić information content (AvgIpc) is 3.08. The summed E-state index contributed by atoms with van der Waals surface area (Å²) in [7, 11) is 2.88. The molecule has 0 saturated heterocycles. The van der Waals surface area contributed by atoms with Gasteiger partial charge in [-0.25, -0.2) is 24.0 Å². The Labute approximate surface area is 166 Å². The number of methoxy groups -OCH3 is 1. The summed E-state index contributed by atoms with van der Waals surface area (Å²) in [5.41, 5.74) is 1.06. The molecular weight excluding hydrogens is 378 g/mol. The molecule has 0 aromatic carbocycles. The zero-order chi connectivity index (χ0) is 21.3. The lowest BCUT2D eigenvalue weighted by atomic mass is 10.1. The number of aromatic carboxylic acids is 1. The van der Waals surface area contributed by atoms with Crippen LogP contribution in [0, 0.1) is 0 Å². The van der Waals surface area contributed by atoms with Crippen LogP contribution in [0.25, 0.3) is 16.8 Å². The van der Waals surface area contributed by atoms with Crippen LogP contribution in [0.5, 0.6) is 5.88 Å². The molecule has 0 fully saturated rings. The second kappa shape index (κ2) is 7.38. The quantitative estimate of drug-likeness (QED) is 0.711. The Morgan fingerprint density at radius 3 is 2.55 bits per heavy atom. The van der Waals surface area contributed by atoms with Gasteiger partial charge in [-0.2, -0.15) is 4.98 Å². The number of carboxylic acid groups (broad SMARTS) is 1. The lowest BCUT2D eigenvalue weighted by Crippen LogP contribution is -2.34. The third kappa shape index (κ3) is 4.26. The summed E-state index contributed by atoms with van der Waals surface area (Å²) in [6, 6.07) is 4.94. The van der Waals surface area contributed by atoms with E-state index >= 15 is 0 Å². The fraction of sp³-hybridized carbons (Fsp3) is 0.316. The highest BCUT2D eigenvalue weighted by Crippen LogP contribution is 2.25. The Balaban J connectivity index is 1.95. The summed E-state index contributed by atoms with van der Waals surface area (Å²) in [5.74, 6) is -0.928. The highest BCUT2D eigenvalue weighted by atomic mass is 16.6. The van der Waals surface area contributed by atoms with Gasteiger partial charge in [0.05, 0.1) is 7.11 Å². The van der Waals surface area contributed by atoms with Gasteiger partial charge in [0.2, 0.25) is 5.88 Å². The van der Waals surface area contributed by atoms with Gasteiger partial charge in [0.25, 0.3) is 5.95 Å². The van der Waals surface area contributed by atoms with E-state index in [1.165, 1.54) is 35.8 Å². The first kappa shape index (κ1) is 20.1. The van der Waals surface area contributed by atoms with Crippen LogP contribution in [0.4, 0.5) is 10.7 Å². The number of fused-ring (bicyclic) bond motifs is 1. The minimum Gasteiger partial charge on any atom is -0.480 e. The van der Waals surface area contributed by atoms with Crippen LogP contribution in [-0.4, -0.2) is 56.5 Å². The van der Waals surface area contributed by atoms with Gasteiger partial charge < -0.3 is 14.6 Å². The largest absolute Gasteiger partial charge is 0.480 e. The fourth-order valence-corrected chi connectivity index (χ4v) is 2.53. The van der Waals surface area contributed by atoms with Crippen molar-refractivity contribution in [2.24, 2.45) is 0 Å². The Morgan fingerprint density at radius 2 is 1.93 bits per heavy atom. The van der Waals surface area contributed by atoms with E-state index in [1.807, 2.05) is 0 Å². The average molecular weight is 399 g/mol. The van der Waals surface area contributed by atoms with Crippen molar-refractivity contribution in [2.45, 2.75) is 26.4 Å². The molecule has 3 aromatic rings. The van der Waals surface area contributed by atoms with Gasteiger partial charge in [0.1, 0.15) is 11.2 Å². The molecule has 10 heteroatoms. The fourth-order valence-electron chi connectivity index (χ4n) is 2.53. The van der Waals surface area contributed by atoms with E-state index in [4.69, 9.17) is 9.47 Å². The van der Waals surface area contributed by atoms with Gasteiger partial charge >= 0.3 is 12.1 Å². The van der Waals surface area contributed by atoms with E-state index in [-0.39, 0.29) is 17.4 Å². The molecular formula is C19H21N5O5. The number of carboxylic acids is 1.